The predicted molar refractivity (Wildman–Crippen MR) is 101 cm³/mol. The number of rotatable bonds is 12. The van der Waals surface area contributed by atoms with Crippen LogP contribution >= 0.6 is 0 Å². The van der Waals surface area contributed by atoms with E-state index in [-0.39, 0.29) is 0 Å². The minimum absolute atomic E-state index is 0.336. The quantitative estimate of drug-likeness (QED) is 0.510. The number of hydrogen-bond acceptors (Lipinski definition) is 3. The summed E-state index contributed by atoms with van der Waals surface area (Å²) in [5, 5.41) is 9.10. The van der Waals surface area contributed by atoms with Crippen LogP contribution in [-0.4, -0.2) is 29.3 Å². The molecule has 0 bridgehead atoms. The maximum Gasteiger partial charge on any atom is 0.335 e. The first-order chi connectivity index (χ1) is 12.2. The molecule has 0 unspecified atom stereocenters. The van der Waals surface area contributed by atoms with Crippen molar-refractivity contribution in [2.45, 2.75) is 77.7 Å². The molecule has 0 aromatic heterocycles. The molecule has 2 rings (SSSR count). The molecule has 1 aromatic rings. The summed E-state index contributed by atoms with van der Waals surface area (Å²) in [7, 11) is 0. The minimum Gasteiger partial charge on any atom is -0.478 e. The van der Waals surface area contributed by atoms with Gasteiger partial charge in [-0.25, -0.2) is 4.79 Å². The lowest BCUT2D eigenvalue weighted by atomic mass is 10.1. The monoisotopic (exact) mass is 347 g/mol. The van der Waals surface area contributed by atoms with Crippen molar-refractivity contribution in [3.63, 3.8) is 0 Å². The number of benzene rings is 1. The molecule has 1 aliphatic rings. The Morgan fingerprint density at radius 3 is 2.32 bits per heavy atom. The number of aromatic carboxylic acids is 1. The molecular formula is C21H33NO3. The Morgan fingerprint density at radius 1 is 1.04 bits per heavy atom. The molecule has 4 heteroatoms. The SMILES string of the molecule is CCCCCCCCCCCCN1COc2ccc(C(=O)O)cc2C1. The van der Waals surface area contributed by atoms with E-state index in [1.54, 1.807) is 18.2 Å². The second-order valence-electron chi connectivity index (χ2n) is 7.14. The number of carboxylic acids is 1. The van der Waals surface area contributed by atoms with Gasteiger partial charge in [0.05, 0.1) is 5.56 Å². The van der Waals surface area contributed by atoms with Crippen LogP contribution in [0.4, 0.5) is 0 Å². The number of fused-ring (bicyclic) bond motifs is 1. The lowest BCUT2D eigenvalue weighted by molar-refractivity contribution is 0.0694. The van der Waals surface area contributed by atoms with Crippen molar-refractivity contribution < 1.29 is 14.6 Å². The van der Waals surface area contributed by atoms with Gasteiger partial charge in [-0.3, -0.25) is 4.90 Å². The Labute approximate surface area is 152 Å². The van der Waals surface area contributed by atoms with Gasteiger partial charge in [-0.1, -0.05) is 64.7 Å². The van der Waals surface area contributed by atoms with Crippen LogP contribution in [0.2, 0.25) is 0 Å². The molecule has 0 amide bonds. The number of ether oxygens (including phenoxy) is 1. The lowest BCUT2D eigenvalue weighted by Gasteiger charge is -2.29. The van der Waals surface area contributed by atoms with Gasteiger partial charge in [-0.15, -0.1) is 0 Å². The molecule has 0 radical (unpaired) electrons. The molecule has 1 aromatic carbocycles. The summed E-state index contributed by atoms with van der Waals surface area (Å²) in [6.07, 6.45) is 13.4. The molecule has 4 nitrogen and oxygen atoms in total. The maximum atomic E-state index is 11.1. The molecule has 0 fully saturated rings. The summed E-state index contributed by atoms with van der Waals surface area (Å²) in [5.41, 5.74) is 1.32. The van der Waals surface area contributed by atoms with Crippen molar-refractivity contribution >= 4 is 5.97 Å². The molecule has 0 saturated carbocycles. The van der Waals surface area contributed by atoms with Gasteiger partial charge in [0.25, 0.3) is 0 Å². The summed E-state index contributed by atoms with van der Waals surface area (Å²) in [5.74, 6) is -0.0565. The van der Waals surface area contributed by atoms with Gasteiger partial charge in [-0.2, -0.15) is 0 Å². The summed E-state index contributed by atoms with van der Waals surface area (Å²) in [4.78, 5) is 13.3. The highest BCUT2D eigenvalue weighted by atomic mass is 16.5. The molecule has 0 aliphatic carbocycles. The Hall–Kier alpha value is -1.55. The Morgan fingerprint density at radius 2 is 1.68 bits per heavy atom. The zero-order chi connectivity index (χ0) is 17.9. The average Bonchev–Trinajstić information content (AvgIpc) is 2.62. The van der Waals surface area contributed by atoms with E-state index < -0.39 is 5.97 Å². The Bertz CT molecular complexity index is 530. The summed E-state index contributed by atoms with van der Waals surface area (Å²) in [6, 6.07) is 5.12. The van der Waals surface area contributed by atoms with Crippen LogP contribution in [0.1, 0.15) is 87.1 Å². The molecule has 1 heterocycles. The van der Waals surface area contributed by atoms with E-state index in [1.807, 2.05) is 0 Å². The molecule has 25 heavy (non-hydrogen) atoms. The average molecular weight is 347 g/mol. The topological polar surface area (TPSA) is 49.8 Å². The smallest absolute Gasteiger partial charge is 0.335 e. The lowest BCUT2D eigenvalue weighted by Crippen LogP contribution is -2.32. The fourth-order valence-corrected chi connectivity index (χ4v) is 3.39. The molecular weight excluding hydrogens is 314 g/mol. The van der Waals surface area contributed by atoms with Gasteiger partial charge in [0.2, 0.25) is 0 Å². The summed E-state index contributed by atoms with van der Waals surface area (Å²) in [6.45, 7) is 4.68. The number of hydrogen-bond donors (Lipinski definition) is 1. The third kappa shape index (κ3) is 7.07. The number of unbranched alkanes of at least 4 members (excludes halogenated alkanes) is 9. The maximum absolute atomic E-state index is 11.1. The molecule has 1 aliphatic heterocycles. The number of nitrogens with zero attached hydrogens (tertiary/aromatic N) is 1. The predicted octanol–water partition coefficient (Wildman–Crippen LogP) is 5.46. The largest absolute Gasteiger partial charge is 0.478 e. The van der Waals surface area contributed by atoms with E-state index in [0.29, 0.717) is 12.3 Å². The second kappa shape index (κ2) is 11.1. The van der Waals surface area contributed by atoms with Gasteiger partial charge in [-0.05, 0) is 24.6 Å². The van der Waals surface area contributed by atoms with E-state index >= 15 is 0 Å². The molecule has 0 spiro atoms. The highest BCUT2D eigenvalue weighted by Gasteiger charge is 2.18. The van der Waals surface area contributed by atoms with Crippen LogP contribution in [0, 0.1) is 0 Å². The normalized spacial score (nSPS) is 14.1. The third-order valence-electron chi connectivity index (χ3n) is 4.93. The van der Waals surface area contributed by atoms with Crippen molar-refractivity contribution in [1.29, 1.82) is 0 Å². The Balaban J connectivity index is 1.57. The van der Waals surface area contributed by atoms with Gasteiger partial charge in [0.1, 0.15) is 12.5 Å². The van der Waals surface area contributed by atoms with Crippen LogP contribution in [0.15, 0.2) is 18.2 Å². The van der Waals surface area contributed by atoms with Crippen LogP contribution < -0.4 is 4.74 Å². The summed E-state index contributed by atoms with van der Waals surface area (Å²) >= 11 is 0. The van der Waals surface area contributed by atoms with Crippen molar-refractivity contribution in [2.24, 2.45) is 0 Å². The number of carbonyl (C=O) groups is 1. The van der Waals surface area contributed by atoms with E-state index in [9.17, 15) is 4.79 Å². The van der Waals surface area contributed by atoms with E-state index in [0.717, 1.165) is 24.4 Å². The Kier molecular flexibility index (Phi) is 8.81. The zero-order valence-corrected chi connectivity index (χ0v) is 15.6. The van der Waals surface area contributed by atoms with Crippen molar-refractivity contribution in [2.75, 3.05) is 13.3 Å². The molecule has 140 valence electrons. The van der Waals surface area contributed by atoms with Crippen LogP contribution in [0.25, 0.3) is 0 Å². The van der Waals surface area contributed by atoms with E-state index in [2.05, 4.69) is 11.8 Å². The van der Waals surface area contributed by atoms with Crippen molar-refractivity contribution in [1.82, 2.24) is 4.90 Å². The molecule has 0 atom stereocenters. The first-order valence-corrected chi connectivity index (χ1v) is 9.92. The first-order valence-electron chi connectivity index (χ1n) is 9.92. The van der Waals surface area contributed by atoms with Crippen molar-refractivity contribution in [3.05, 3.63) is 29.3 Å². The standard InChI is InChI=1S/C21H33NO3/c1-2-3-4-5-6-7-8-9-10-11-14-22-16-19-15-18(21(23)24)12-13-20(19)25-17-22/h12-13,15H,2-11,14,16-17H2,1H3,(H,23,24). The molecule has 1 N–H and O–H groups in total. The highest BCUT2D eigenvalue weighted by Crippen LogP contribution is 2.26. The third-order valence-corrected chi connectivity index (χ3v) is 4.93. The van der Waals surface area contributed by atoms with Gasteiger partial charge < -0.3 is 9.84 Å². The van der Waals surface area contributed by atoms with Crippen molar-refractivity contribution in [3.8, 4) is 5.75 Å². The summed E-state index contributed by atoms with van der Waals surface area (Å²) < 4.78 is 5.75. The fraction of sp³-hybridized carbons (Fsp3) is 0.667. The van der Waals surface area contributed by atoms with Crippen LogP contribution in [0.3, 0.4) is 0 Å². The van der Waals surface area contributed by atoms with E-state index in [4.69, 9.17) is 9.84 Å². The fourth-order valence-electron chi connectivity index (χ4n) is 3.39. The van der Waals surface area contributed by atoms with Gasteiger partial charge in [0.15, 0.2) is 0 Å². The van der Waals surface area contributed by atoms with E-state index in [1.165, 1.54) is 64.2 Å². The van der Waals surface area contributed by atoms with Crippen LogP contribution in [0.5, 0.6) is 5.75 Å². The molecule has 0 saturated heterocycles. The minimum atomic E-state index is -0.880. The van der Waals surface area contributed by atoms with Gasteiger partial charge in [0, 0.05) is 18.7 Å². The van der Waals surface area contributed by atoms with Gasteiger partial charge >= 0.3 is 5.97 Å². The first kappa shape index (κ1) is 19.8. The highest BCUT2D eigenvalue weighted by molar-refractivity contribution is 5.88. The zero-order valence-electron chi connectivity index (χ0n) is 15.6. The van der Waals surface area contributed by atoms with Crippen LogP contribution in [-0.2, 0) is 6.54 Å². The second-order valence-corrected chi connectivity index (χ2v) is 7.14. The number of carboxylic acid groups (broad SMARTS) is 1.